The van der Waals surface area contributed by atoms with Crippen LogP contribution in [0.2, 0.25) is 0 Å². The molecule has 0 spiro atoms. The maximum absolute atomic E-state index is 12.9. The van der Waals surface area contributed by atoms with Gasteiger partial charge in [-0.25, -0.2) is 4.79 Å². The van der Waals surface area contributed by atoms with Gasteiger partial charge in [-0.15, -0.1) is 0 Å². The molecule has 2 heterocycles. The number of nitrogens with zero attached hydrogens (tertiary/aromatic N) is 1. The van der Waals surface area contributed by atoms with E-state index in [1.165, 1.54) is 13.3 Å². The van der Waals surface area contributed by atoms with Gasteiger partial charge in [0.1, 0.15) is 17.0 Å². The molecule has 0 fully saturated rings. The summed E-state index contributed by atoms with van der Waals surface area (Å²) in [6, 6.07) is 10.1. The lowest BCUT2D eigenvalue weighted by molar-refractivity contribution is 0.101. The van der Waals surface area contributed by atoms with Gasteiger partial charge >= 0.3 is 6.09 Å². The number of aromatic nitrogens is 1. The number of pyridine rings is 1. The Hall–Kier alpha value is -3.46. The molecule has 0 radical (unpaired) electrons. The standard InChI is InChI=1S/C19H17N3O5S/c1-3-26-19(24)22-18(28)21-15-12-10-11(25-2)7-8-14(12)27-17(15)16(23)13-6-4-5-9-20-13/h4-10H,3H2,1-2H3,(H2,21,22,24,28). The molecule has 2 N–H and O–H groups in total. The Labute approximate surface area is 165 Å². The van der Waals surface area contributed by atoms with Crippen molar-refractivity contribution in [3.05, 3.63) is 54.0 Å². The topological polar surface area (TPSA) is 103 Å². The van der Waals surface area contributed by atoms with Crippen molar-refractivity contribution in [1.82, 2.24) is 10.3 Å². The van der Waals surface area contributed by atoms with Crippen LogP contribution in [-0.4, -0.2) is 35.7 Å². The Kier molecular flexibility index (Phi) is 5.85. The zero-order valence-electron chi connectivity index (χ0n) is 15.1. The number of carbonyl (C=O) groups is 2. The van der Waals surface area contributed by atoms with Gasteiger partial charge in [0.15, 0.2) is 5.11 Å². The molecular weight excluding hydrogens is 382 g/mol. The molecule has 0 aliphatic heterocycles. The van der Waals surface area contributed by atoms with E-state index in [-0.39, 0.29) is 23.2 Å². The smallest absolute Gasteiger partial charge is 0.413 e. The molecule has 0 aliphatic rings. The molecule has 0 saturated heterocycles. The minimum atomic E-state index is -0.706. The molecule has 0 aliphatic carbocycles. The van der Waals surface area contributed by atoms with Crippen LogP contribution < -0.4 is 15.4 Å². The van der Waals surface area contributed by atoms with Crippen molar-refractivity contribution in [3.63, 3.8) is 0 Å². The third-order valence-electron chi connectivity index (χ3n) is 3.73. The average Bonchev–Trinajstić information content (AvgIpc) is 3.05. The molecular formula is C19H17N3O5S. The highest BCUT2D eigenvalue weighted by molar-refractivity contribution is 7.80. The van der Waals surface area contributed by atoms with E-state index in [1.807, 2.05) is 0 Å². The molecule has 0 atom stereocenters. The highest BCUT2D eigenvalue weighted by Crippen LogP contribution is 2.34. The molecule has 9 heteroatoms. The van der Waals surface area contributed by atoms with E-state index in [2.05, 4.69) is 15.6 Å². The third kappa shape index (κ3) is 4.09. The fourth-order valence-corrected chi connectivity index (χ4v) is 2.69. The lowest BCUT2D eigenvalue weighted by Gasteiger charge is -2.10. The number of nitrogens with one attached hydrogen (secondary N) is 2. The molecule has 1 amide bonds. The van der Waals surface area contributed by atoms with E-state index >= 15 is 0 Å². The number of amides is 1. The summed E-state index contributed by atoms with van der Waals surface area (Å²) in [5, 5.41) is 5.74. The van der Waals surface area contributed by atoms with Crippen molar-refractivity contribution >= 4 is 45.9 Å². The Bertz CT molecular complexity index is 1030. The van der Waals surface area contributed by atoms with Gasteiger partial charge in [0.05, 0.1) is 19.4 Å². The zero-order valence-corrected chi connectivity index (χ0v) is 16.0. The van der Waals surface area contributed by atoms with Crippen molar-refractivity contribution in [2.24, 2.45) is 0 Å². The van der Waals surface area contributed by atoms with Gasteiger partial charge in [-0.2, -0.15) is 0 Å². The van der Waals surface area contributed by atoms with Gasteiger partial charge in [-0.3, -0.25) is 15.1 Å². The highest BCUT2D eigenvalue weighted by atomic mass is 32.1. The van der Waals surface area contributed by atoms with Crippen LogP contribution in [0.15, 0.2) is 47.0 Å². The summed E-state index contributed by atoms with van der Waals surface area (Å²) in [5.74, 6) is 0.143. The second kappa shape index (κ2) is 8.49. The van der Waals surface area contributed by atoms with E-state index in [4.69, 9.17) is 26.1 Å². The van der Waals surface area contributed by atoms with Crippen LogP contribution in [0.4, 0.5) is 10.5 Å². The summed E-state index contributed by atoms with van der Waals surface area (Å²) in [6.07, 6.45) is 0.807. The van der Waals surface area contributed by atoms with Crippen molar-refractivity contribution < 1.29 is 23.5 Å². The molecule has 2 aromatic heterocycles. The average molecular weight is 399 g/mol. The van der Waals surface area contributed by atoms with E-state index < -0.39 is 11.9 Å². The summed E-state index contributed by atoms with van der Waals surface area (Å²) in [4.78, 5) is 28.6. The number of hydrogen-bond donors (Lipinski definition) is 2. The molecule has 0 saturated carbocycles. The number of carbonyl (C=O) groups excluding carboxylic acids is 2. The fourth-order valence-electron chi connectivity index (χ4n) is 2.51. The van der Waals surface area contributed by atoms with Crippen molar-refractivity contribution in [2.45, 2.75) is 6.92 Å². The second-order valence-electron chi connectivity index (χ2n) is 5.51. The summed E-state index contributed by atoms with van der Waals surface area (Å²) in [5.41, 5.74) is 0.953. The lowest BCUT2D eigenvalue weighted by atomic mass is 10.1. The van der Waals surface area contributed by atoms with Crippen molar-refractivity contribution in [2.75, 3.05) is 19.0 Å². The summed E-state index contributed by atoms with van der Waals surface area (Å²) in [7, 11) is 1.53. The summed E-state index contributed by atoms with van der Waals surface area (Å²) in [6.45, 7) is 1.87. The third-order valence-corrected chi connectivity index (χ3v) is 3.93. The molecule has 0 unspecified atom stereocenters. The maximum atomic E-state index is 12.9. The molecule has 0 bridgehead atoms. The maximum Gasteiger partial charge on any atom is 0.413 e. The Morgan fingerprint density at radius 3 is 2.75 bits per heavy atom. The first-order valence-corrected chi connectivity index (χ1v) is 8.75. The van der Waals surface area contributed by atoms with E-state index in [9.17, 15) is 9.59 Å². The van der Waals surface area contributed by atoms with Crippen LogP contribution in [0.1, 0.15) is 23.2 Å². The monoisotopic (exact) mass is 399 g/mol. The number of rotatable bonds is 5. The zero-order chi connectivity index (χ0) is 20.1. The predicted octanol–water partition coefficient (Wildman–Crippen LogP) is 3.51. The number of hydrogen-bond acceptors (Lipinski definition) is 7. The largest absolute Gasteiger partial charge is 0.497 e. The number of methoxy groups -OCH3 is 1. The number of alkyl carbamates (subject to hydrolysis) is 1. The van der Waals surface area contributed by atoms with Crippen LogP contribution in [0.5, 0.6) is 5.75 Å². The van der Waals surface area contributed by atoms with Crippen LogP contribution in [0.25, 0.3) is 11.0 Å². The number of thiocarbonyl (C=S) groups is 1. The van der Waals surface area contributed by atoms with Gasteiger partial charge in [-0.1, -0.05) is 6.07 Å². The first kappa shape index (κ1) is 19.3. The number of ketones is 1. The minimum Gasteiger partial charge on any atom is -0.497 e. The molecule has 144 valence electrons. The molecule has 1 aromatic carbocycles. The number of anilines is 1. The first-order valence-electron chi connectivity index (χ1n) is 8.34. The molecule has 8 nitrogen and oxygen atoms in total. The first-order chi connectivity index (χ1) is 13.5. The Morgan fingerprint density at radius 2 is 2.07 bits per heavy atom. The SMILES string of the molecule is CCOC(=O)NC(=S)Nc1c(C(=O)c2ccccn2)oc2ccc(OC)cc12. The van der Waals surface area contributed by atoms with E-state index in [0.29, 0.717) is 22.4 Å². The molecule has 3 aromatic rings. The van der Waals surface area contributed by atoms with E-state index in [1.54, 1.807) is 43.3 Å². The van der Waals surface area contributed by atoms with Gasteiger partial charge in [0, 0.05) is 11.6 Å². The normalized spacial score (nSPS) is 10.4. The predicted molar refractivity (Wildman–Crippen MR) is 107 cm³/mol. The minimum absolute atomic E-state index is 0.00922. The van der Waals surface area contributed by atoms with E-state index in [0.717, 1.165) is 0 Å². The molecule has 28 heavy (non-hydrogen) atoms. The number of furan rings is 1. The van der Waals surface area contributed by atoms with Gasteiger partial charge in [0.2, 0.25) is 11.5 Å². The summed E-state index contributed by atoms with van der Waals surface area (Å²) < 4.78 is 15.8. The van der Waals surface area contributed by atoms with Crippen LogP contribution in [0, 0.1) is 0 Å². The fraction of sp³-hybridized carbons (Fsp3) is 0.158. The Balaban J connectivity index is 2.02. The van der Waals surface area contributed by atoms with Crippen LogP contribution >= 0.6 is 12.2 Å². The van der Waals surface area contributed by atoms with Gasteiger partial charge < -0.3 is 19.2 Å². The van der Waals surface area contributed by atoms with Crippen molar-refractivity contribution in [3.8, 4) is 5.75 Å². The molecule has 3 rings (SSSR count). The second-order valence-corrected chi connectivity index (χ2v) is 5.92. The van der Waals surface area contributed by atoms with Crippen molar-refractivity contribution in [1.29, 1.82) is 0 Å². The number of fused-ring (bicyclic) bond motifs is 1. The quantitative estimate of drug-likeness (QED) is 0.496. The lowest BCUT2D eigenvalue weighted by Crippen LogP contribution is -2.34. The van der Waals surface area contributed by atoms with Gasteiger partial charge in [-0.05, 0) is 49.5 Å². The van der Waals surface area contributed by atoms with Crippen LogP contribution in [-0.2, 0) is 4.74 Å². The Morgan fingerprint density at radius 1 is 1.25 bits per heavy atom. The number of ether oxygens (including phenoxy) is 2. The highest BCUT2D eigenvalue weighted by Gasteiger charge is 2.24. The number of benzene rings is 1. The van der Waals surface area contributed by atoms with Crippen LogP contribution in [0.3, 0.4) is 0 Å². The van der Waals surface area contributed by atoms with Gasteiger partial charge in [0.25, 0.3) is 0 Å². The summed E-state index contributed by atoms with van der Waals surface area (Å²) >= 11 is 5.16.